The first-order valence-corrected chi connectivity index (χ1v) is 7.98. The van der Waals surface area contributed by atoms with E-state index in [0.29, 0.717) is 17.9 Å². The molecule has 0 radical (unpaired) electrons. The number of nitrogens with zero attached hydrogens (tertiary/aromatic N) is 1. The molecule has 0 saturated carbocycles. The Kier molecular flexibility index (Phi) is 6.46. The lowest BCUT2D eigenvalue weighted by Crippen LogP contribution is -2.49. The quantitative estimate of drug-likeness (QED) is 0.809. The number of carbonyl (C=O) groups is 1. The number of hydrogen-bond donors (Lipinski definition) is 2. The Morgan fingerprint density at radius 3 is 2.25 bits per heavy atom. The minimum atomic E-state index is -0.261. The zero-order valence-electron chi connectivity index (χ0n) is 13.9. The van der Waals surface area contributed by atoms with Crippen molar-refractivity contribution in [3.63, 3.8) is 0 Å². The molecule has 1 aliphatic heterocycles. The Morgan fingerprint density at radius 1 is 1.30 bits per heavy atom. The number of amides is 1. The molecule has 1 amide bonds. The second kappa shape index (κ2) is 7.41. The zero-order chi connectivity index (χ0) is 15.3. The summed E-state index contributed by atoms with van der Waals surface area (Å²) in [7, 11) is 0. The van der Waals surface area contributed by atoms with Gasteiger partial charge >= 0.3 is 0 Å². The normalized spacial score (nSPS) is 19.4. The van der Waals surface area contributed by atoms with E-state index < -0.39 is 0 Å². The van der Waals surface area contributed by atoms with Gasteiger partial charge in [0, 0.05) is 24.5 Å². The van der Waals surface area contributed by atoms with Crippen molar-refractivity contribution in [3.8, 4) is 0 Å². The third kappa shape index (κ3) is 5.06. The molecule has 0 aromatic heterocycles. The van der Waals surface area contributed by atoms with Gasteiger partial charge in [0.15, 0.2) is 0 Å². The monoisotopic (exact) mass is 283 g/mol. The number of carbonyl (C=O) groups excluding carboxylic acids is 1. The van der Waals surface area contributed by atoms with E-state index in [1.807, 2.05) is 25.7 Å². The molecular weight excluding hydrogens is 250 g/mol. The molecule has 1 aliphatic rings. The van der Waals surface area contributed by atoms with Gasteiger partial charge in [0.1, 0.15) is 0 Å². The van der Waals surface area contributed by atoms with E-state index in [0.717, 1.165) is 39.0 Å². The van der Waals surface area contributed by atoms with Crippen molar-refractivity contribution >= 4 is 5.91 Å². The summed E-state index contributed by atoms with van der Waals surface area (Å²) in [5, 5.41) is 3.63. The number of likely N-dealkylation sites (tertiary alicyclic amines) is 1. The van der Waals surface area contributed by atoms with Gasteiger partial charge in [0.25, 0.3) is 0 Å². The highest BCUT2D eigenvalue weighted by Crippen LogP contribution is 2.21. The van der Waals surface area contributed by atoms with Crippen LogP contribution in [0.4, 0.5) is 0 Å². The molecule has 1 fully saturated rings. The highest BCUT2D eigenvalue weighted by molar-refractivity contribution is 5.81. The van der Waals surface area contributed by atoms with Gasteiger partial charge in [-0.05, 0) is 37.8 Å². The second-order valence-electron chi connectivity index (χ2n) is 7.46. The van der Waals surface area contributed by atoms with Crippen LogP contribution in [0.15, 0.2) is 0 Å². The van der Waals surface area contributed by atoms with Crippen molar-refractivity contribution in [3.05, 3.63) is 0 Å². The first-order valence-electron chi connectivity index (χ1n) is 7.98. The third-order valence-corrected chi connectivity index (χ3v) is 4.34. The summed E-state index contributed by atoms with van der Waals surface area (Å²) in [6.45, 7) is 13.9. The summed E-state index contributed by atoms with van der Waals surface area (Å²) in [5.41, 5.74) is 5.54. The van der Waals surface area contributed by atoms with Crippen LogP contribution in [0.25, 0.3) is 0 Å². The fourth-order valence-electron chi connectivity index (χ4n) is 2.67. The van der Waals surface area contributed by atoms with Crippen molar-refractivity contribution in [1.82, 2.24) is 10.2 Å². The summed E-state index contributed by atoms with van der Waals surface area (Å²) in [4.78, 5) is 14.2. The fourth-order valence-corrected chi connectivity index (χ4v) is 2.67. The molecule has 4 heteroatoms. The first-order chi connectivity index (χ1) is 9.25. The van der Waals surface area contributed by atoms with Gasteiger partial charge in [-0.15, -0.1) is 0 Å². The lowest BCUT2D eigenvalue weighted by Gasteiger charge is -2.36. The first kappa shape index (κ1) is 17.4. The predicted octanol–water partition coefficient (Wildman–Crippen LogP) is 1.84. The number of nitrogens with two attached hydrogens (primary N) is 1. The van der Waals surface area contributed by atoms with Crippen LogP contribution in [-0.2, 0) is 4.79 Å². The van der Waals surface area contributed by atoms with Gasteiger partial charge in [0.05, 0.1) is 0 Å². The molecule has 0 aromatic rings. The molecule has 118 valence electrons. The summed E-state index contributed by atoms with van der Waals surface area (Å²) in [5.74, 6) is 1.44. The van der Waals surface area contributed by atoms with E-state index >= 15 is 0 Å². The molecule has 1 rings (SSSR count). The topological polar surface area (TPSA) is 58.4 Å². The van der Waals surface area contributed by atoms with Crippen LogP contribution in [0.5, 0.6) is 0 Å². The standard InChI is InChI=1S/C16H33N3O/c1-12(2)13(10-17)11-18-14-6-8-19(9-7-14)15(20)16(3,4)5/h12-14,18H,6-11,17H2,1-5H3. The Morgan fingerprint density at radius 2 is 1.85 bits per heavy atom. The van der Waals surface area contributed by atoms with Gasteiger partial charge in [-0.1, -0.05) is 34.6 Å². The summed E-state index contributed by atoms with van der Waals surface area (Å²) in [6, 6.07) is 0.534. The number of nitrogens with one attached hydrogen (secondary N) is 1. The van der Waals surface area contributed by atoms with Crippen LogP contribution < -0.4 is 11.1 Å². The summed E-state index contributed by atoms with van der Waals surface area (Å²) >= 11 is 0. The van der Waals surface area contributed by atoms with E-state index in [2.05, 4.69) is 19.2 Å². The largest absolute Gasteiger partial charge is 0.342 e. The minimum Gasteiger partial charge on any atom is -0.342 e. The molecule has 4 nitrogen and oxygen atoms in total. The average molecular weight is 283 g/mol. The van der Waals surface area contributed by atoms with Crippen molar-refractivity contribution in [2.75, 3.05) is 26.2 Å². The van der Waals surface area contributed by atoms with E-state index in [4.69, 9.17) is 5.73 Å². The second-order valence-corrected chi connectivity index (χ2v) is 7.46. The van der Waals surface area contributed by atoms with Crippen LogP contribution in [-0.4, -0.2) is 43.0 Å². The molecule has 0 spiro atoms. The lowest BCUT2D eigenvalue weighted by atomic mass is 9.92. The maximum Gasteiger partial charge on any atom is 0.227 e. The maximum absolute atomic E-state index is 12.2. The Labute approximate surface area is 124 Å². The van der Waals surface area contributed by atoms with Gasteiger partial charge in [-0.25, -0.2) is 0 Å². The number of piperidine rings is 1. The van der Waals surface area contributed by atoms with Crippen LogP contribution in [0.3, 0.4) is 0 Å². The molecule has 0 bridgehead atoms. The van der Waals surface area contributed by atoms with E-state index in [9.17, 15) is 4.79 Å². The smallest absolute Gasteiger partial charge is 0.227 e. The highest BCUT2D eigenvalue weighted by Gasteiger charge is 2.30. The molecule has 1 saturated heterocycles. The van der Waals surface area contributed by atoms with Crippen molar-refractivity contribution in [2.45, 2.75) is 53.5 Å². The average Bonchev–Trinajstić information content (AvgIpc) is 2.38. The third-order valence-electron chi connectivity index (χ3n) is 4.34. The summed E-state index contributed by atoms with van der Waals surface area (Å²) in [6.07, 6.45) is 2.11. The Hall–Kier alpha value is -0.610. The molecule has 1 atom stereocenters. The molecule has 20 heavy (non-hydrogen) atoms. The van der Waals surface area contributed by atoms with Gasteiger partial charge in [-0.2, -0.15) is 0 Å². The summed E-state index contributed by atoms with van der Waals surface area (Å²) < 4.78 is 0. The Balaban J connectivity index is 2.34. The van der Waals surface area contributed by atoms with Crippen LogP contribution in [0.1, 0.15) is 47.5 Å². The molecular formula is C16H33N3O. The highest BCUT2D eigenvalue weighted by atomic mass is 16.2. The molecule has 1 heterocycles. The predicted molar refractivity (Wildman–Crippen MR) is 84.4 cm³/mol. The Bertz CT molecular complexity index is 301. The molecule has 3 N–H and O–H groups in total. The van der Waals surface area contributed by atoms with E-state index in [1.54, 1.807) is 0 Å². The minimum absolute atomic E-state index is 0.261. The van der Waals surface area contributed by atoms with Crippen molar-refractivity contribution < 1.29 is 4.79 Å². The van der Waals surface area contributed by atoms with Crippen LogP contribution in [0.2, 0.25) is 0 Å². The van der Waals surface area contributed by atoms with Crippen molar-refractivity contribution in [1.29, 1.82) is 0 Å². The van der Waals surface area contributed by atoms with Gasteiger partial charge < -0.3 is 16.0 Å². The maximum atomic E-state index is 12.2. The van der Waals surface area contributed by atoms with E-state index in [-0.39, 0.29) is 11.3 Å². The lowest BCUT2D eigenvalue weighted by molar-refractivity contribution is -0.140. The van der Waals surface area contributed by atoms with Crippen molar-refractivity contribution in [2.24, 2.45) is 23.0 Å². The fraction of sp³-hybridized carbons (Fsp3) is 0.938. The van der Waals surface area contributed by atoms with Gasteiger partial charge in [0.2, 0.25) is 5.91 Å². The molecule has 0 aromatic carbocycles. The zero-order valence-corrected chi connectivity index (χ0v) is 13.9. The molecule has 0 aliphatic carbocycles. The SMILES string of the molecule is CC(C)C(CN)CNC1CCN(C(=O)C(C)(C)C)CC1. The van der Waals surface area contributed by atoms with Gasteiger partial charge in [-0.3, -0.25) is 4.79 Å². The van der Waals surface area contributed by atoms with Crippen LogP contribution in [0, 0.1) is 17.3 Å². The number of hydrogen-bond acceptors (Lipinski definition) is 3. The molecule has 1 unspecified atom stereocenters. The number of rotatable bonds is 5. The van der Waals surface area contributed by atoms with Crippen LogP contribution >= 0.6 is 0 Å². The van der Waals surface area contributed by atoms with E-state index in [1.165, 1.54) is 0 Å².